The molecule has 0 aliphatic heterocycles. The molecule has 1 aliphatic rings. The van der Waals surface area contributed by atoms with E-state index in [1.165, 1.54) is 6.07 Å². The van der Waals surface area contributed by atoms with Gasteiger partial charge in [-0.2, -0.15) is 8.78 Å². The summed E-state index contributed by atoms with van der Waals surface area (Å²) < 4.78 is 26.7. The molecule has 0 spiro atoms. The van der Waals surface area contributed by atoms with E-state index in [2.05, 4.69) is 15.9 Å². The average Bonchev–Trinajstić information content (AvgIpc) is 2.13. The van der Waals surface area contributed by atoms with E-state index >= 15 is 0 Å². The molecule has 74 valence electrons. The zero-order valence-electron chi connectivity index (χ0n) is 7.19. The van der Waals surface area contributed by atoms with Crippen LogP contribution in [0.15, 0.2) is 22.7 Å². The smallest absolute Gasteiger partial charge is 0.287 e. The van der Waals surface area contributed by atoms with Crippen LogP contribution in [0.5, 0.6) is 0 Å². The second kappa shape index (κ2) is 3.12. The molecule has 0 fully saturated rings. The second-order valence-corrected chi connectivity index (χ2v) is 4.25. The Kier molecular flexibility index (Phi) is 2.18. The van der Waals surface area contributed by atoms with Gasteiger partial charge in [0.15, 0.2) is 0 Å². The number of aryl methyl sites for hydroxylation is 1. The molecule has 4 heteroatoms. The highest BCUT2D eigenvalue weighted by molar-refractivity contribution is 9.10. The summed E-state index contributed by atoms with van der Waals surface area (Å²) in [7, 11) is 0. The molecule has 0 atom stereocenters. The van der Waals surface area contributed by atoms with Crippen molar-refractivity contribution in [3.8, 4) is 0 Å². The normalized spacial score (nSPS) is 19.2. The van der Waals surface area contributed by atoms with Gasteiger partial charge in [0.1, 0.15) is 0 Å². The summed E-state index contributed by atoms with van der Waals surface area (Å²) in [5.41, 5.74) is 0.861. The molecule has 0 N–H and O–H groups in total. The van der Waals surface area contributed by atoms with E-state index in [1.54, 1.807) is 12.1 Å². The van der Waals surface area contributed by atoms with Gasteiger partial charge < -0.3 is 0 Å². The van der Waals surface area contributed by atoms with Crippen molar-refractivity contribution in [2.45, 2.75) is 18.8 Å². The first-order valence-corrected chi connectivity index (χ1v) is 5.01. The Morgan fingerprint density at radius 1 is 1.36 bits per heavy atom. The SMILES string of the molecule is O=C1c2cc(Br)ccc2CCC1(F)F. The van der Waals surface area contributed by atoms with Crippen LogP contribution in [0.4, 0.5) is 8.78 Å². The highest BCUT2D eigenvalue weighted by Crippen LogP contribution is 2.33. The van der Waals surface area contributed by atoms with Crippen LogP contribution in [-0.4, -0.2) is 11.7 Å². The monoisotopic (exact) mass is 260 g/mol. The molecular formula is C10H7BrF2O. The van der Waals surface area contributed by atoms with Crippen molar-refractivity contribution in [2.24, 2.45) is 0 Å². The summed E-state index contributed by atoms with van der Waals surface area (Å²) in [6, 6.07) is 4.94. The molecule has 0 saturated heterocycles. The lowest BCUT2D eigenvalue weighted by Gasteiger charge is -2.22. The van der Waals surface area contributed by atoms with Crippen LogP contribution in [0.25, 0.3) is 0 Å². The van der Waals surface area contributed by atoms with E-state index in [0.717, 1.165) is 0 Å². The van der Waals surface area contributed by atoms with Crippen molar-refractivity contribution in [3.05, 3.63) is 33.8 Å². The fraction of sp³-hybridized carbons (Fsp3) is 0.300. The molecule has 0 heterocycles. The lowest BCUT2D eigenvalue weighted by Crippen LogP contribution is -2.34. The van der Waals surface area contributed by atoms with E-state index in [1.807, 2.05) is 0 Å². The van der Waals surface area contributed by atoms with E-state index in [9.17, 15) is 13.6 Å². The minimum Gasteiger partial charge on any atom is -0.287 e. The highest BCUT2D eigenvalue weighted by atomic mass is 79.9. The van der Waals surface area contributed by atoms with Gasteiger partial charge in [0.25, 0.3) is 0 Å². The van der Waals surface area contributed by atoms with E-state index in [4.69, 9.17) is 0 Å². The number of carbonyl (C=O) groups excluding carboxylic acids is 1. The van der Waals surface area contributed by atoms with Crippen molar-refractivity contribution < 1.29 is 13.6 Å². The van der Waals surface area contributed by atoms with Gasteiger partial charge in [0, 0.05) is 16.5 Å². The average molecular weight is 261 g/mol. The molecule has 0 amide bonds. The van der Waals surface area contributed by atoms with Crippen molar-refractivity contribution in [3.63, 3.8) is 0 Å². The molecule has 1 aromatic rings. The van der Waals surface area contributed by atoms with Gasteiger partial charge in [-0.15, -0.1) is 0 Å². The number of carbonyl (C=O) groups is 1. The lowest BCUT2D eigenvalue weighted by atomic mass is 9.88. The molecule has 1 aromatic carbocycles. The summed E-state index contributed by atoms with van der Waals surface area (Å²) in [4.78, 5) is 11.3. The Balaban J connectivity index is 2.54. The van der Waals surface area contributed by atoms with Crippen LogP contribution < -0.4 is 0 Å². The number of halogens is 3. The molecule has 1 nitrogen and oxygen atoms in total. The van der Waals surface area contributed by atoms with Crippen molar-refractivity contribution in [1.82, 2.24) is 0 Å². The molecule has 0 radical (unpaired) electrons. The van der Waals surface area contributed by atoms with E-state index < -0.39 is 11.7 Å². The maximum absolute atomic E-state index is 13.0. The number of Topliss-reactive ketones (excluding diaryl/α,β-unsaturated/α-hetero) is 1. The van der Waals surface area contributed by atoms with Gasteiger partial charge in [-0.1, -0.05) is 22.0 Å². The topological polar surface area (TPSA) is 17.1 Å². The molecule has 0 bridgehead atoms. The Morgan fingerprint density at radius 3 is 2.79 bits per heavy atom. The first kappa shape index (κ1) is 9.77. The molecule has 14 heavy (non-hydrogen) atoms. The van der Waals surface area contributed by atoms with Gasteiger partial charge >= 0.3 is 5.92 Å². The molecule has 2 rings (SSSR count). The molecule has 0 saturated carbocycles. The Morgan fingerprint density at radius 2 is 2.07 bits per heavy atom. The Bertz CT molecular complexity index is 401. The molecular weight excluding hydrogens is 254 g/mol. The van der Waals surface area contributed by atoms with Crippen LogP contribution in [-0.2, 0) is 6.42 Å². The van der Waals surface area contributed by atoms with Crippen molar-refractivity contribution >= 4 is 21.7 Å². The molecule has 0 unspecified atom stereocenters. The molecule has 0 aromatic heterocycles. The Hall–Kier alpha value is -0.770. The summed E-state index contributed by atoms with van der Waals surface area (Å²) in [5, 5.41) is 0. The number of benzene rings is 1. The van der Waals surface area contributed by atoms with Gasteiger partial charge in [-0.3, -0.25) is 4.79 Å². The zero-order chi connectivity index (χ0) is 10.3. The van der Waals surface area contributed by atoms with Crippen LogP contribution in [0.3, 0.4) is 0 Å². The minimum absolute atomic E-state index is 0.149. The third-order valence-corrected chi connectivity index (χ3v) is 2.85. The fourth-order valence-corrected chi connectivity index (χ4v) is 1.94. The third-order valence-electron chi connectivity index (χ3n) is 2.36. The largest absolute Gasteiger partial charge is 0.310 e. The quantitative estimate of drug-likeness (QED) is 0.700. The standard InChI is InChI=1S/C10H7BrF2O/c11-7-2-1-6-3-4-10(12,13)9(14)8(6)5-7/h1-2,5H,3-4H2. The highest BCUT2D eigenvalue weighted by Gasteiger charge is 2.43. The number of fused-ring (bicyclic) bond motifs is 1. The summed E-state index contributed by atoms with van der Waals surface area (Å²) in [5.74, 6) is -4.24. The number of alkyl halides is 2. The predicted molar refractivity (Wildman–Crippen MR) is 51.7 cm³/mol. The first-order valence-electron chi connectivity index (χ1n) is 4.22. The van der Waals surface area contributed by atoms with E-state index in [0.29, 0.717) is 10.0 Å². The zero-order valence-corrected chi connectivity index (χ0v) is 8.77. The predicted octanol–water partition coefficient (Wildman–Crippen LogP) is 3.21. The minimum atomic E-state index is -3.19. The van der Waals surface area contributed by atoms with Gasteiger partial charge in [0.2, 0.25) is 5.78 Å². The first-order chi connectivity index (χ1) is 6.50. The maximum Gasteiger partial charge on any atom is 0.310 e. The number of rotatable bonds is 0. The number of hydrogen-bond acceptors (Lipinski definition) is 1. The second-order valence-electron chi connectivity index (χ2n) is 3.34. The third kappa shape index (κ3) is 1.47. The summed E-state index contributed by atoms with van der Waals surface area (Å²) in [6.07, 6.45) is -0.109. The Labute approximate surface area is 88.2 Å². The fourth-order valence-electron chi connectivity index (χ4n) is 1.58. The lowest BCUT2D eigenvalue weighted by molar-refractivity contribution is 0.00202. The number of hydrogen-bond donors (Lipinski definition) is 0. The van der Waals surface area contributed by atoms with Gasteiger partial charge in [0.05, 0.1) is 0 Å². The number of ketones is 1. The van der Waals surface area contributed by atoms with E-state index in [-0.39, 0.29) is 18.4 Å². The van der Waals surface area contributed by atoms with Crippen LogP contribution in [0.1, 0.15) is 22.3 Å². The molecule has 1 aliphatic carbocycles. The summed E-state index contributed by atoms with van der Waals surface area (Å²) in [6.45, 7) is 0. The maximum atomic E-state index is 13.0. The van der Waals surface area contributed by atoms with Crippen LogP contribution in [0.2, 0.25) is 0 Å². The summed E-state index contributed by atoms with van der Waals surface area (Å²) >= 11 is 3.16. The van der Waals surface area contributed by atoms with Crippen molar-refractivity contribution in [2.75, 3.05) is 0 Å². The van der Waals surface area contributed by atoms with Crippen LogP contribution >= 0.6 is 15.9 Å². The van der Waals surface area contributed by atoms with Gasteiger partial charge in [-0.25, -0.2) is 0 Å². The van der Waals surface area contributed by atoms with Crippen molar-refractivity contribution in [1.29, 1.82) is 0 Å². The van der Waals surface area contributed by atoms with Crippen LogP contribution in [0, 0.1) is 0 Å². The van der Waals surface area contributed by atoms with Gasteiger partial charge in [-0.05, 0) is 24.1 Å².